The van der Waals surface area contributed by atoms with E-state index >= 15 is 0 Å². The van der Waals surface area contributed by atoms with Gasteiger partial charge in [0.05, 0.1) is 6.61 Å². The number of benzene rings is 2. The quantitative estimate of drug-likeness (QED) is 0.901. The summed E-state index contributed by atoms with van der Waals surface area (Å²) < 4.78 is 0. The third kappa shape index (κ3) is 3.33. The van der Waals surface area contributed by atoms with Crippen LogP contribution in [0.2, 0.25) is 5.02 Å². The highest BCUT2D eigenvalue weighted by molar-refractivity contribution is 6.30. The Labute approximate surface area is 111 Å². The average Bonchev–Trinajstić information content (AvgIpc) is 2.41. The summed E-state index contributed by atoms with van der Waals surface area (Å²) in [6.45, 7) is -0.303. The SMILES string of the molecule is [O]Cc1cc(CO)cc(Cc2ccc(Cl)cc2)c1. The first-order valence-corrected chi connectivity index (χ1v) is 6.14. The van der Waals surface area contributed by atoms with E-state index in [0.29, 0.717) is 10.6 Å². The minimum absolute atomic E-state index is 0.0402. The predicted octanol–water partition coefficient (Wildman–Crippen LogP) is 3.35. The maximum atomic E-state index is 10.9. The zero-order valence-corrected chi connectivity index (χ0v) is 10.7. The lowest BCUT2D eigenvalue weighted by Gasteiger charge is -2.07. The molecule has 2 aromatic rings. The second-order valence-electron chi connectivity index (χ2n) is 4.26. The smallest absolute Gasteiger partial charge is 0.107 e. The third-order valence-electron chi connectivity index (χ3n) is 2.78. The van der Waals surface area contributed by atoms with Crippen molar-refractivity contribution in [1.29, 1.82) is 0 Å². The van der Waals surface area contributed by atoms with Crippen LogP contribution in [0.1, 0.15) is 22.3 Å². The number of aliphatic hydroxyl groups excluding tert-OH is 1. The van der Waals surface area contributed by atoms with E-state index in [0.717, 1.165) is 23.1 Å². The van der Waals surface area contributed by atoms with Gasteiger partial charge in [0, 0.05) is 5.02 Å². The van der Waals surface area contributed by atoms with Gasteiger partial charge in [0.2, 0.25) is 0 Å². The first kappa shape index (κ1) is 13.1. The molecule has 18 heavy (non-hydrogen) atoms. The topological polar surface area (TPSA) is 40.1 Å². The Bertz CT molecular complexity index is 498. The highest BCUT2D eigenvalue weighted by atomic mass is 35.5. The van der Waals surface area contributed by atoms with Crippen molar-refractivity contribution < 1.29 is 10.2 Å². The van der Waals surface area contributed by atoms with Gasteiger partial charge in [-0.15, -0.1) is 0 Å². The molecule has 3 heteroatoms. The van der Waals surface area contributed by atoms with Gasteiger partial charge < -0.3 is 5.11 Å². The maximum absolute atomic E-state index is 10.9. The van der Waals surface area contributed by atoms with Crippen LogP contribution in [-0.4, -0.2) is 5.11 Å². The zero-order chi connectivity index (χ0) is 13.0. The Hall–Kier alpha value is -1.35. The van der Waals surface area contributed by atoms with Crippen molar-refractivity contribution in [1.82, 2.24) is 0 Å². The Balaban J connectivity index is 2.25. The lowest BCUT2D eigenvalue weighted by molar-refractivity contribution is 0.177. The Morgan fingerprint density at radius 3 is 2.11 bits per heavy atom. The Kier molecular flexibility index (Phi) is 4.37. The Morgan fingerprint density at radius 1 is 0.889 bits per heavy atom. The van der Waals surface area contributed by atoms with E-state index in [-0.39, 0.29) is 13.2 Å². The number of rotatable bonds is 4. The van der Waals surface area contributed by atoms with Crippen LogP contribution in [0.15, 0.2) is 42.5 Å². The molecule has 1 radical (unpaired) electrons. The summed E-state index contributed by atoms with van der Waals surface area (Å²) in [6, 6.07) is 13.2. The lowest BCUT2D eigenvalue weighted by Crippen LogP contribution is -1.94. The molecule has 0 bridgehead atoms. The van der Waals surface area contributed by atoms with Crippen molar-refractivity contribution >= 4 is 11.6 Å². The maximum Gasteiger partial charge on any atom is 0.107 e. The minimum atomic E-state index is -0.262. The van der Waals surface area contributed by atoms with Crippen LogP contribution in [0.25, 0.3) is 0 Å². The van der Waals surface area contributed by atoms with E-state index in [1.165, 1.54) is 0 Å². The van der Waals surface area contributed by atoms with Crippen LogP contribution < -0.4 is 0 Å². The summed E-state index contributed by atoms with van der Waals surface area (Å²) >= 11 is 5.84. The molecule has 0 amide bonds. The van der Waals surface area contributed by atoms with Gasteiger partial charge in [-0.1, -0.05) is 41.9 Å². The van der Waals surface area contributed by atoms with Crippen molar-refractivity contribution in [2.24, 2.45) is 0 Å². The van der Waals surface area contributed by atoms with Gasteiger partial charge in [0.25, 0.3) is 0 Å². The summed E-state index contributed by atoms with van der Waals surface area (Å²) in [5, 5.41) is 20.8. The van der Waals surface area contributed by atoms with Gasteiger partial charge in [-0.3, -0.25) is 0 Å². The normalized spacial score (nSPS) is 10.6. The lowest BCUT2D eigenvalue weighted by atomic mass is 10.0. The summed E-state index contributed by atoms with van der Waals surface area (Å²) in [4.78, 5) is 0. The zero-order valence-electron chi connectivity index (χ0n) is 9.90. The minimum Gasteiger partial charge on any atom is -0.392 e. The van der Waals surface area contributed by atoms with E-state index in [1.54, 1.807) is 6.07 Å². The van der Waals surface area contributed by atoms with Crippen LogP contribution >= 0.6 is 11.6 Å². The van der Waals surface area contributed by atoms with Gasteiger partial charge in [-0.25, -0.2) is 5.11 Å². The van der Waals surface area contributed by atoms with Gasteiger partial charge >= 0.3 is 0 Å². The molecule has 1 N–H and O–H groups in total. The summed E-state index contributed by atoms with van der Waals surface area (Å²) in [7, 11) is 0. The first-order valence-electron chi connectivity index (χ1n) is 5.76. The van der Waals surface area contributed by atoms with Crippen LogP contribution in [0.4, 0.5) is 0 Å². The average molecular weight is 262 g/mol. The molecule has 0 aliphatic rings. The van der Waals surface area contributed by atoms with E-state index in [9.17, 15) is 5.11 Å². The molecule has 2 nitrogen and oxygen atoms in total. The molecular formula is C15H14ClO2. The van der Waals surface area contributed by atoms with Gasteiger partial charge in [-0.2, -0.15) is 0 Å². The second-order valence-corrected chi connectivity index (χ2v) is 4.70. The van der Waals surface area contributed by atoms with Gasteiger partial charge in [0.15, 0.2) is 0 Å². The molecule has 0 aromatic heterocycles. The van der Waals surface area contributed by atoms with Crippen molar-refractivity contribution in [3.8, 4) is 0 Å². The molecule has 0 aliphatic carbocycles. The third-order valence-corrected chi connectivity index (χ3v) is 3.04. The van der Waals surface area contributed by atoms with Crippen molar-refractivity contribution in [2.45, 2.75) is 19.6 Å². The summed E-state index contributed by atoms with van der Waals surface area (Å²) in [5.41, 5.74) is 3.67. The fourth-order valence-electron chi connectivity index (χ4n) is 1.95. The van der Waals surface area contributed by atoms with Crippen LogP contribution in [-0.2, 0) is 24.7 Å². The van der Waals surface area contributed by atoms with E-state index in [2.05, 4.69) is 0 Å². The van der Waals surface area contributed by atoms with Crippen LogP contribution in [0.5, 0.6) is 0 Å². The van der Waals surface area contributed by atoms with Crippen molar-refractivity contribution in [2.75, 3.05) is 0 Å². The number of hydrogen-bond donors (Lipinski definition) is 1. The molecule has 0 aliphatic heterocycles. The molecule has 93 valence electrons. The fraction of sp³-hybridized carbons (Fsp3) is 0.200. The molecular weight excluding hydrogens is 248 g/mol. The van der Waals surface area contributed by atoms with Gasteiger partial charge in [-0.05, 0) is 40.8 Å². The number of halogens is 1. The molecule has 0 unspecified atom stereocenters. The number of hydrogen-bond acceptors (Lipinski definition) is 1. The van der Waals surface area contributed by atoms with E-state index in [4.69, 9.17) is 16.7 Å². The first-order chi connectivity index (χ1) is 8.71. The summed E-state index contributed by atoms with van der Waals surface area (Å²) in [5.74, 6) is 0. The molecule has 0 heterocycles. The molecule has 0 spiro atoms. The monoisotopic (exact) mass is 261 g/mol. The molecule has 0 fully saturated rings. The van der Waals surface area contributed by atoms with E-state index < -0.39 is 0 Å². The molecule has 0 saturated carbocycles. The van der Waals surface area contributed by atoms with Gasteiger partial charge in [0.1, 0.15) is 6.61 Å². The van der Waals surface area contributed by atoms with Crippen LogP contribution in [0.3, 0.4) is 0 Å². The molecule has 0 atom stereocenters. The summed E-state index contributed by atoms with van der Waals surface area (Å²) in [6.07, 6.45) is 0.734. The molecule has 2 aromatic carbocycles. The van der Waals surface area contributed by atoms with Crippen molar-refractivity contribution in [3.05, 3.63) is 69.7 Å². The Morgan fingerprint density at radius 2 is 1.50 bits per heavy atom. The number of aliphatic hydroxyl groups is 1. The highest BCUT2D eigenvalue weighted by Crippen LogP contribution is 2.17. The van der Waals surface area contributed by atoms with E-state index in [1.807, 2.05) is 36.4 Å². The second kappa shape index (κ2) is 6.01. The predicted molar refractivity (Wildman–Crippen MR) is 71.0 cm³/mol. The fourth-order valence-corrected chi connectivity index (χ4v) is 2.08. The molecule has 2 rings (SSSR count). The molecule has 0 saturated heterocycles. The highest BCUT2D eigenvalue weighted by Gasteiger charge is 2.02. The standard InChI is InChI=1S/C15H14ClO2/c16-15-3-1-11(2-4-15)5-12-6-13(9-17)8-14(7-12)10-18/h1-4,6-8,17H,5,9-10H2. The van der Waals surface area contributed by atoms with Crippen molar-refractivity contribution in [3.63, 3.8) is 0 Å². The van der Waals surface area contributed by atoms with Crippen LogP contribution in [0, 0.1) is 0 Å². The largest absolute Gasteiger partial charge is 0.392 e.